The molecule has 18 heavy (non-hydrogen) atoms. The van der Waals surface area contributed by atoms with Crippen molar-refractivity contribution in [3.05, 3.63) is 6.33 Å². The summed E-state index contributed by atoms with van der Waals surface area (Å²) in [5.41, 5.74) is 6.17. The molecule has 0 saturated heterocycles. The maximum atomic E-state index is 5.86. The predicted octanol–water partition coefficient (Wildman–Crippen LogP) is 1.65. The molecule has 0 aliphatic heterocycles. The highest BCUT2D eigenvalue weighted by Gasteiger charge is 2.11. The van der Waals surface area contributed by atoms with Crippen molar-refractivity contribution in [2.75, 3.05) is 18.9 Å². The van der Waals surface area contributed by atoms with Gasteiger partial charge in [0.2, 0.25) is 11.8 Å². The van der Waals surface area contributed by atoms with Crippen molar-refractivity contribution in [1.82, 2.24) is 9.97 Å². The lowest BCUT2D eigenvalue weighted by atomic mass is 10.4. The largest absolute Gasteiger partial charge is 0.474 e. The number of rotatable bonds is 7. The van der Waals surface area contributed by atoms with Crippen LogP contribution in [-0.4, -0.2) is 35.4 Å². The van der Waals surface area contributed by atoms with E-state index in [4.69, 9.17) is 19.9 Å². The van der Waals surface area contributed by atoms with Crippen LogP contribution < -0.4 is 15.2 Å². The minimum absolute atomic E-state index is 0.000626. The first-order valence-electron chi connectivity index (χ1n) is 6.02. The van der Waals surface area contributed by atoms with E-state index in [0.29, 0.717) is 30.7 Å². The number of hydrogen-bond donors (Lipinski definition) is 1. The Labute approximate surface area is 107 Å². The summed E-state index contributed by atoms with van der Waals surface area (Å²) in [5.74, 6) is 0.674. The van der Waals surface area contributed by atoms with E-state index in [-0.39, 0.29) is 12.2 Å². The number of aromatic nitrogens is 2. The first kappa shape index (κ1) is 14.5. The molecule has 1 heterocycles. The first-order valence-corrected chi connectivity index (χ1v) is 6.02. The van der Waals surface area contributed by atoms with Gasteiger partial charge >= 0.3 is 0 Å². The Balaban J connectivity index is 2.55. The minimum atomic E-state index is -0.000626. The fourth-order valence-electron chi connectivity index (χ4n) is 1.22. The average Bonchev–Trinajstić information content (AvgIpc) is 2.28. The number of hydrogen-bond acceptors (Lipinski definition) is 6. The van der Waals surface area contributed by atoms with Crippen molar-refractivity contribution < 1.29 is 14.2 Å². The van der Waals surface area contributed by atoms with E-state index in [2.05, 4.69) is 9.97 Å². The summed E-state index contributed by atoms with van der Waals surface area (Å²) < 4.78 is 16.2. The van der Waals surface area contributed by atoms with Crippen LogP contribution >= 0.6 is 0 Å². The molecule has 6 heteroatoms. The lowest BCUT2D eigenvalue weighted by Crippen LogP contribution is -2.14. The van der Waals surface area contributed by atoms with Crippen molar-refractivity contribution in [3.8, 4) is 11.8 Å². The van der Waals surface area contributed by atoms with Gasteiger partial charge in [-0.25, -0.2) is 0 Å². The second-order valence-corrected chi connectivity index (χ2v) is 4.33. The maximum absolute atomic E-state index is 5.86. The van der Waals surface area contributed by atoms with Crippen LogP contribution in [0.4, 0.5) is 5.69 Å². The third-order valence-electron chi connectivity index (χ3n) is 1.93. The van der Waals surface area contributed by atoms with E-state index in [1.807, 2.05) is 27.7 Å². The zero-order valence-corrected chi connectivity index (χ0v) is 11.3. The fraction of sp³-hybridized carbons (Fsp3) is 0.667. The van der Waals surface area contributed by atoms with Gasteiger partial charge in [0, 0.05) is 0 Å². The van der Waals surface area contributed by atoms with E-state index < -0.39 is 0 Å². The summed E-state index contributed by atoms with van der Waals surface area (Å²) in [7, 11) is 0. The number of anilines is 1. The first-order chi connectivity index (χ1) is 8.50. The van der Waals surface area contributed by atoms with Crippen LogP contribution in [0, 0.1) is 0 Å². The Morgan fingerprint density at radius 3 is 2.33 bits per heavy atom. The SMILES string of the molecule is CC(C)OCCOc1ncnc(OC(C)C)c1N. The second-order valence-electron chi connectivity index (χ2n) is 4.33. The van der Waals surface area contributed by atoms with Gasteiger partial charge in [-0.3, -0.25) is 0 Å². The molecule has 0 fully saturated rings. The number of ether oxygens (including phenoxy) is 3. The van der Waals surface area contributed by atoms with Crippen LogP contribution in [-0.2, 0) is 4.74 Å². The third-order valence-corrected chi connectivity index (χ3v) is 1.93. The van der Waals surface area contributed by atoms with E-state index in [9.17, 15) is 0 Å². The van der Waals surface area contributed by atoms with Gasteiger partial charge in [-0.05, 0) is 27.7 Å². The number of nitrogen functional groups attached to an aromatic ring is 1. The van der Waals surface area contributed by atoms with Crippen LogP contribution in [0.2, 0.25) is 0 Å². The summed E-state index contributed by atoms with van der Waals surface area (Å²) in [5, 5.41) is 0. The second kappa shape index (κ2) is 7.00. The van der Waals surface area contributed by atoms with Crippen molar-refractivity contribution in [3.63, 3.8) is 0 Å². The Morgan fingerprint density at radius 1 is 1.06 bits per heavy atom. The molecule has 0 bridgehead atoms. The Bertz CT molecular complexity index is 370. The van der Waals surface area contributed by atoms with Gasteiger partial charge in [0.05, 0.1) is 18.8 Å². The fourth-order valence-corrected chi connectivity index (χ4v) is 1.22. The van der Waals surface area contributed by atoms with Gasteiger partial charge in [0.1, 0.15) is 12.9 Å². The summed E-state index contributed by atoms with van der Waals surface area (Å²) in [4.78, 5) is 7.93. The molecule has 0 radical (unpaired) electrons. The van der Waals surface area contributed by atoms with Crippen LogP contribution in [0.1, 0.15) is 27.7 Å². The Hall–Kier alpha value is -1.56. The maximum Gasteiger partial charge on any atom is 0.244 e. The van der Waals surface area contributed by atoms with Crippen LogP contribution in [0.25, 0.3) is 0 Å². The molecule has 1 aromatic heterocycles. The van der Waals surface area contributed by atoms with Gasteiger partial charge in [0.25, 0.3) is 0 Å². The number of nitrogens with two attached hydrogens (primary N) is 1. The highest BCUT2D eigenvalue weighted by atomic mass is 16.5. The molecule has 2 N–H and O–H groups in total. The molecule has 6 nitrogen and oxygen atoms in total. The quantitative estimate of drug-likeness (QED) is 0.746. The van der Waals surface area contributed by atoms with Crippen molar-refractivity contribution in [2.45, 2.75) is 39.9 Å². The molecule has 0 aromatic carbocycles. The van der Waals surface area contributed by atoms with E-state index >= 15 is 0 Å². The van der Waals surface area contributed by atoms with Crippen LogP contribution in [0.5, 0.6) is 11.8 Å². The molecule has 0 atom stereocenters. The van der Waals surface area contributed by atoms with Gasteiger partial charge in [-0.1, -0.05) is 0 Å². The van der Waals surface area contributed by atoms with Crippen LogP contribution in [0.3, 0.4) is 0 Å². The van der Waals surface area contributed by atoms with Crippen LogP contribution in [0.15, 0.2) is 6.33 Å². The Morgan fingerprint density at radius 2 is 1.72 bits per heavy atom. The van der Waals surface area contributed by atoms with Gasteiger partial charge < -0.3 is 19.9 Å². The molecule has 0 unspecified atom stereocenters. The molecule has 0 amide bonds. The smallest absolute Gasteiger partial charge is 0.244 e. The normalized spacial score (nSPS) is 11.0. The van der Waals surface area contributed by atoms with Crippen molar-refractivity contribution in [1.29, 1.82) is 0 Å². The van der Waals surface area contributed by atoms with E-state index in [1.165, 1.54) is 6.33 Å². The lowest BCUT2D eigenvalue weighted by molar-refractivity contribution is 0.0543. The molecular formula is C12H21N3O3. The van der Waals surface area contributed by atoms with E-state index in [1.54, 1.807) is 0 Å². The third kappa shape index (κ3) is 4.75. The molecule has 0 aliphatic rings. The lowest BCUT2D eigenvalue weighted by Gasteiger charge is -2.13. The Kier molecular flexibility index (Phi) is 5.64. The minimum Gasteiger partial charge on any atom is -0.474 e. The molecule has 1 rings (SSSR count). The van der Waals surface area contributed by atoms with E-state index in [0.717, 1.165) is 0 Å². The summed E-state index contributed by atoms with van der Waals surface area (Å²) in [6, 6.07) is 0. The molecule has 1 aromatic rings. The number of nitrogens with zero attached hydrogens (tertiary/aromatic N) is 2. The summed E-state index contributed by atoms with van der Waals surface area (Å²) in [6.45, 7) is 8.61. The summed E-state index contributed by atoms with van der Waals surface area (Å²) >= 11 is 0. The van der Waals surface area contributed by atoms with Crippen molar-refractivity contribution in [2.24, 2.45) is 0 Å². The zero-order valence-electron chi connectivity index (χ0n) is 11.3. The highest BCUT2D eigenvalue weighted by Crippen LogP contribution is 2.27. The molecule has 0 aliphatic carbocycles. The monoisotopic (exact) mass is 255 g/mol. The predicted molar refractivity (Wildman–Crippen MR) is 68.8 cm³/mol. The molecule has 102 valence electrons. The van der Waals surface area contributed by atoms with Gasteiger partial charge in [-0.15, -0.1) is 0 Å². The molecule has 0 saturated carbocycles. The zero-order chi connectivity index (χ0) is 13.5. The highest BCUT2D eigenvalue weighted by molar-refractivity contribution is 5.55. The summed E-state index contributed by atoms with van der Waals surface area (Å²) in [6.07, 6.45) is 1.54. The molecule has 0 spiro atoms. The van der Waals surface area contributed by atoms with Gasteiger partial charge in [-0.2, -0.15) is 9.97 Å². The molecular weight excluding hydrogens is 234 g/mol. The topological polar surface area (TPSA) is 79.5 Å². The van der Waals surface area contributed by atoms with Crippen molar-refractivity contribution >= 4 is 5.69 Å². The average molecular weight is 255 g/mol. The standard InChI is InChI=1S/C12H21N3O3/c1-8(2)16-5-6-17-11-10(13)12(15-7-14-11)18-9(3)4/h7-9H,5-6,13H2,1-4H3. The van der Waals surface area contributed by atoms with Gasteiger partial charge in [0.15, 0.2) is 5.69 Å².